The summed E-state index contributed by atoms with van der Waals surface area (Å²) < 4.78 is 19.5. The third kappa shape index (κ3) is 3.69. The fourth-order valence-corrected chi connectivity index (χ4v) is 2.13. The van der Waals surface area contributed by atoms with Crippen LogP contribution in [0.15, 0.2) is 40.9 Å². The zero-order chi connectivity index (χ0) is 15.4. The van der Waals surface area contributed by atoms with Crippen LogP contribution in [0.25, 0.3) is 0 Å². The molecule has 0 aromatic heterocycles. The lowest BCUT2D eigenvalue weighted by molar-refractivity contribution is -0.384. The van der Waals surface area contributed by atoms with Crippen LogP contribution in [0.2, 0.25) is 0 Å². The summed E-state index contributed by atoms with van der Waals surface area (Å²) in [5, 5.41) is 13.7. The van der Waals surface area contributed by atoms with Crippen molar-refractivity contribution in [1.82, 2.24) is 0 Å². The minimum absolute atomic E-state index is 0.0628. The summed E-state index contributed by atoms with van der Waals surface area (Å²) in [5.74, 6) is -0.000488. The quantitative estimate of drug-likeness (QED) is 0.647. The van der Waals surface area contributed by atoms with Crippen molar-refractivity contribution in [3.8, 4) is 5.75 Å². The van der Waals surface area contributed by atoms with Crippen molar-refractivity contribution in [1.29, 1.82) is 0 Å². The van der Waals surface area contributed by atoms with E-state index in [-0.39, 0.29) is 18.0 Å². The van der Waals surface area contributed by atoms with Crippen LogP contribution in [-0.4, -0.2) is 12.0 Å². The first-order valence-corrected chi connectivity index (χ1v) is 6.81. The number of non-ortho nitro benzene ring substituents is 1. The van der Waals surface area contributed by atoms with Crippen LogP contribution >= 0.6 is 15.9 Å². The summed E-state index contributed by atoms with van der Waals surface area (Å²) in [6.07, 6.45) is 0. The first kappa shape index (κ1) is 15.2. The van der Waals surface area contributed by atoms with E-state index in [1.807, 2.05) is 0 Å². The second kappa shape index (κ2) is 6.53. The van der Waals surface area contributed by atoms with E-state index in [0.29, 0.717) is 21.5 Å². The Kier molecular flexibility index (Phi) is 4.74. The number of hydrogen-bond donors (Lipinski definition) is 1. The number of ether oxygens (including phenoxy) is 1. The van der Waals surface area contributed by atoms with Gasteiger partial charge in [-0.3, -0.25) is 10.1 Å². The molecule has 2 rings (SSSR count). The molecule has 0 aliphatic rings. The summed E-state index contributed by atoms with van der Waals surface area (Å²) >= 11 is 3.19. The van der Waals surface area contributed by atoms with Gasteiger partial charge in [0.2, 0.25) is 0 Å². The van der Waals surface area contributed by atoms with Gasteiger partial charge < -0.3 is 10.1 Å². The Hall–Kier alpha value is -2.15. The largest absolute Gasteiger partial charge is 0.494 e. The van der Waals surface area contributed by atoms with Crippen LogP contribution in [0.3, 0.4) is 0 Å². The van der Waals surface area contributed by atoms with E-state index in [4.69, 9.17) is 4.74 Å². The van der Waals surface area contributed by atoms with Crippen molar-refractivity contribution in [2.75, 3.05) is 12.4 Å². The first-order valence-electron chi connectivity index (χ1n) is 6.01. The molecule has 0 aliphatic carbocycles. The molecule has 0 heterocycles. The Balaban J connectivity index is 2.17. The second-order valence-corrected chi connectivity index (χ2v) is 5.15. The minimum atomic E-state index is -0.499. The molecule has 0 radical (unpaired) electrons. The van der Waals surface area contributed by atoms with Crippen LogP contribution in [0, 0.1) is 15.9 Å². The minimum Gasteiger partial charge on any atom is -0.494 e. The van der Waals surface area contributed by atoms with Crippen molar-refractivity contribution in [2.45, 2.75) is 6.54 Å². The van der Waals surface area contributed by atoms with Crippen LogP contribution in [0.5, 0.6) is 5.75 Å². The lowest BCUT2D eigenvalue weighted by Crippen LogP contribution is -2.03. The average Bonchev–Trinajstić information content (AvgIpc) is 2.46. The Morgan fingerprint density at radius 1 is 1.33 bits per heavy atom. The fraction of sp³-hybridized carbons (Fsp3) is 0.143. The van der Waals surface area contributed by atoms with E-state index in [2.05, 4.69) is 21.2 Å². The lowest BCUT2D eigenvalue weighted by Gasteiger charge is -2.11. The molecule has 5 nitrogen and oxygen atoms in total. The SMILES string of the molecule is COc1cc([N+](=O)[O-])ccc1NCc1ccc(Br)cc1F. The van der Waals surface area contributed by atoms with Gasteiger partial charge in [-0.2, -0.15) is 0 Å². The number of nitro benzene ring substituents is 1. The zero-order valence-corrected chi connectivity index (χ0v) is 12.7. The molecule has 2 aromatic rings. The van der Waals surface area contributed by atoms with E-state index >= 15 is 0 Å². The molecular formula is C14H12BrFN2O3. The number of nitrogens with zero attached hydrogens (tertiary/aromatic N) is 1. The van der Waals surface area contributed by atoms with E-state index in [1.54, 1.807) is 12.1 Å². The molecule has 7 heteroatoms. The highest BCUT2D eigenvalue weighted by atomic mass is 79.9. The molecule has 0 saturated heterocycles. The predicted octanol–water partition coefficient (Wildman–Crippen LogP) is 4.12. The number of methoxy groups -OCH3 is 1. The summed E-state index contributed by atoms with van der Waals surface area (Å²) in [5.41, 5.74) is 0.983. The third-order valence-corrected chi connectivity index (χ3v) is 3.37. The van der Waals surface area contributed by atoms with E-state index < -0.39 is 4.92 Å². The lowest BCUT2D eigenvalue weighted by atomic mass is 10.2. The van der Waals surface area contributed by atoms with E-state index in [1.165, 1.54) is 31.4 Å². The highest BCUT2D eigenvalue weighted by molar-refractivity contribution is 9.10. The van der Waals surface area contributed by atoms with Crippen LogP contribution in [0.1, 0.15) is 5.56 Å². The maximum atomic E-state index is 13.7. The Bertz CT molecular complexity index is 679. The van der Waals surface area contributed by atoms with Gasteiger partial charge in [-0.05, 0) is 18.2 Å². The molecular weight excluding hydrogens is 343 g/mol. The normalized spacial score (nSPS) is 10.2. The van der Waals surface area contributed by atoms with Gasteiger partial charge in [0.15, 0.2) is 0 Å². The molecule has 0 unspecified atom stereocenters. The molecule has 1 N–H and O–H groups in total. The van der Waals surface area contributed by atoms with Gasteiger partial charge >= 0.3 is 0 Å². The Morgan fingerprint density at radius 3 is 2.71 bits per heavy atom. The van der Waals surface area contributed by atoms with Crippen molar-refractivity contribution in [3.05, 3.63) is 62.4 Å². The van der Waals surface area contributed by atoms with Crippen molar-refractivity contribution >= 4 is 27.3 Å². The van der Waals surface area contributed by atoms with Crippen molar-refractivity contribution in [2.24, 2.45) is 0 Å². The topological polar surface area (TPSA) is 64.4 Å². The van der Waals surface area contributed by atoms with Gasteiger partial charge in [-0.15, -0.1) is 0 Å². The molecule has 0 fully saturated rings. The van der Waals surface area contributed by atoms with Crippen LogP contribution < -0.4 is 10.1 Å². The monoisotopic (exact) mass is 354 g/mol. The van der Waals surface area contributed by atoms with Gasteiger partial charge in [0.25, 0.3) is 5.69 Å². The molecule has 0 atom stereocenters. The standard InChI is InChI=1S/C14H12BrFN2O3/c1-21-14-7-11(18(19)20)4-5-13(14)17-8-9-2-3-10(15)6-12(9)16/h2-7,17H,8H2,1H3. The third-order valence-electron chi connectivity index (χ3n) is 2.88. The van der Waals surface area contributed by atoms with Gasteiger partial charge in [0, 0.05) is 22.6 Å². The van der Waals surface area contributed by atoms with Gasteiger partial charge in [-0.1, -0.05) is 22.0 Å². The highest BCUT2D eigenvalue weighted by Crippen LogP contribution is 2.29. The van der Waals surface area contributed by atoms with Crippen LogP contribution in [0.4, 0.5) is 15.8 Å². The molecule has 0 aliphatic heterocycles. The molecule has 0 saturated carbocycles. The molecule has 2 aromatic carbocycles. The van der Waals surface area contributed by atoms with Gasteiger partial charge in [-0.25, -0.2) is 4.39 Å². The smallest absolute Gasteiger partial charge is 0.273 e. The molecule has 110 valence electrons. The maximum absolute atomic E-state index is 13.7. The van der Waals surface area contributed by atoms with E-state index in [0.717, 1.165) is 0 Å². The number of rotatable bonds is 5. The van der Waals surface area contributed by atoms with Crippen LogP contribution in [-0.2, 0) is 6.54 Å². The zero-order valence-electron chi connectivity index (χ0n) is 11.1. The Morgan fingerprint density at radius 2 is 2.10 bits per heavy atom. The number of nitrogens with one attached hydrogen (secondary N) is 1. The summed E-state index contributed by atoms with van der Waals surface area (Å²) in [6, 6.07) is 9.00. The fourth-order valence-electron chi connectivity index (χ4n) is 1.80. The number of anilines is 1. The summed E-state index contributed by atoms with van der Waals surface area (Å²) in [4.78, 5) is 10.2. The Labute approximate surface area is 129 Å². The number of nitro groups is 1. The highest BCUT2D eigenvalue weighted by Gasteiger charge is 2.11. The predicted molar refractivity (Wildman–Crippen MR) is 81.1 cm³/mol. The summed E-state index contributed by atoms with van der Waals surface area (Å²) in [7, 11) is 1.42. The van der Waals surface area contributed by atoms with E-state index in [9.17, 15) is 14.5 Å². The molecule has 0 spiro atoms. The average molecular weight is 355 g/mol. The number of halogens is 2. The number of hydrogen-bond acceptors (Lipinski definition) is 4. The summed E-state index contributed by atoms with van der Waals surface area (Å²) in [6.45, 7) is 0.243. The second-order valence-electron chi connectivity index (χ2n) is 4.23. The van der Waals surface area contributed by atoms with Gasteiger partial charge in [0.05, 0.1) is 23.8 Å². The van der Waals surface area contributed by atoms with Crippen molar-refractivity contribution in [3.63, 3.8) is 0 Å². The first-order chi connectivity index (χ1) is 10.0. The molecule has 0 bridgehead atoms. The van der Waals surface area contributed by atoms with Crippen molar-refractivity contribution < 1.29 is 14.1 Å². The maximum Gasteiger partial charge on any atom is 0.273 e. The number of benzene rings is 2. The van der Waals surface area contributed by atoms with Gasteiger partial charge in [0.1, 0.15) is 11.6 Å². The molecule has 21 heavy (non-hydrogen) atoms. The molecule has 0 amide bonds.